The molecule has 1 aromatic rings. The van der Waals surface area contributed by atoms with Crippen LogP contribution in [0.15, 0.2) is 29.3 Å². The van der Waals surface area contributed by atoms with E-state index in [0.29, 0.717) is 12.5 Å². The number of aliphatic imine (C=N–C) groups is 1. The van der Waals surface area contributed by atoms with Crippen LogP contribution in [0.3, 0.4) is 0 Å². The van der Waals surface area contributed by atoms with Gasteiger partial charge in [-0.3, -0.25) is 4.99 Å². The zero-order valence-corrected chi connectivity index (χ0v) is 13.4. The van der Waals surface area contributed by atoms with Crippen LogP contribution in [0.2, 0.25) is 0 Å². The molecule has 3 N–H and O–H groups in total. The zero-order valence-electron chi connectivity index (χ0n) is 13.4. The molecule has 1 rings (SSSR count). The maximum Gasteiger partial charge on any atom is 0.193 e. The average molecular weight is 276 g/mol. The fourth-order valence-corrected chi connectivity index (χ4v) is 2.22. The van der Waals surface area contributed by atoms with Crippen LogP contribution in [0.25, 0.3) is 0 Å². The van der Waals surface area contributed by atoms with E-state index >= 15 is 0 Å². The lowest BCUT2D eigenvalue weighted by Gasteiger charge is -2.26. The molecule has 0 heterocycles. The van der Waals surface area contributed by atoms with Crippen LogP contribution in [0.4, 0.5) is 5.69 Å². The molecule has 0 radical (unpaired) electrons. The van der Waals surface area contributed by atoms with Crippen LogP contribution in [0.1, 0.15) is 26.3 Å². The Balaban J connectivity index is 2.56. The standard InChI is InChI=1S/C16H28N4/c1-6-13-7-9-14(10-8-13)19-15(17)18-11-16(2,3)12-20(4)5/h7-10H,6,11-12H2,1-5H3,(H3,17,18,19). The third kappa shape index (κ3) is 6.06. The second-order valence-corrected chi connectivity index (χ2v) is 6.28. The van der Waals surface area contributed by atoms with Gasteiger partial charge in [0.25, 0.3) is 0 Å². The fourth-order valence-electron chi connectivity index (χ4n) is 2.22. The van der Waals surface area contributed by atoms with Crippen molar-refractivity contribution in [2.45, 2.75) is 27.2 Å². The van der Waals surface area contributed by atoms with E-state index in [1.165, 1.54) is 5.56 Å². The second kappa shape index (κ2) is 7.29. The van der Waals surface area contributed by atoms with E-state index in [4.69, 9.17) is 5.73 Å². The number of nitrogens with zero attached hydrogens (tertiary/aromatic N) is 2. The van der Waals surface area contributed by atoms with Crippen molar-refractivity contribution in [2.75, 3.05) is 32.5 Å². The van der Waals surface area contributed by atoms with Crippen molar-refractivity contribution in [2.24, 2.45) is 16.1 Å². The van der Waals surface area contributed by atoms with Gasteiger partial charge in [0.1, 0.15) is 0 Å². The molecule has 0 spiro atoms. The third-order valence-corrected chi connectivity index (χ3v) is 3.06. The van der Waals surface area contributed by atoms with Crippen molar-refractivity contribution in [3.05, 3.63) is 29.8 Å². The minimum absolute atomic E-state index is 0.113. The molecule has 0 saturated carbocycles. The van der Waals surface area contributed by atoms with Crippen molar-refractivity contribution in [1.82, 2.24) is 4.90 Å². The van der Waals surface area contributed by atoms with Gasteiger partial charge in [0, 0.05) is 18.8 Å². The van der Waals surface area contributed by atoms with Crippen LogP contribution >= 0.6 is 0 Å². The molecule has 4 heteroatoms. The lowest BCUT2D eigenvalue weighted by atomic mass is 9.93. The van der Waals surface area contributed by atoms with Crippen molar-refractivity contribution in [3.63, 3.8) is 0 Å². The Kier molecular flexibility index (Phi) is 6.02. The Labute approximate surface area is 123 Å². The SMILES string of the molecule is CCc1ccc(NC(N)=NCC(C)(C)CN(C)C)cc1. The number of guanidine groups is 1. The summed E-state index contributed by atoms with van der Waals surface area (Å²) in [5.74, 6) is 0.473. The molecule has 0 bridgehead atoms. The highest BCUT2D eigenvalue weighted by Gasteiger charge is 2.18. The molecule has 0 saturated heterocycles. The van der Waals surface area contributed by atoms with Crippen molar-refractivity contribution in [1.29, 1.82) is 0 Å². The summed E-state index contributed by atoms with van der Waals surface area (Å²) in [6.45, 7) is 8.22. The average Bonchev–Trinajstić information content (AvgIpc) is 2.36. The molecule has 20 heavy (non-hydrogen) atoms. The molecule has 0 aliphatic heterocycles. The quantitative estimate of drug-likeness (QED) is 0.620. The van der Waals surface area contributed by atoms with Crippen LogP contribution in [0.5, 0.6) is 0 Å². The number of nitrogens with one attached hydrogen (secondary N) is 1. The summed E-state index contributed by atoms with van der Waals surface area (Å²) < 4.78 is 0. The molecule has 0 atom stereocenters. The molecule has 0 unspecified atom stereocenters. The smallest absolute Gasteiger partial charge is 0.193 e. The van der Waals surface area contributed by atoms with E-state index in [9.17, 15) is 0 Å². The zero-order chi connectivity index (χ0) is 15.2. The maximum atomic E-state index is 5.94. The number of hydrogen-bond donors (Lipinski definition) is 2. The minimum atomic E-state index is 0.113. The van der Waals surface area contributed by atoms with Gasteiger partial charge in [0.2, 0.25) is 0 Å². The number of anilines is 1. The molecule has 0 aromatic heterocycles. The summed E-state index contributed by atoms with van der Waals surface area (Å²) in [4.78, 5) is 6.61. The highest BCUT2D eigenvalue weighted by molar-refractivity contribution is 5.92. The first-order valence-electron chi connectivity index (χ1n) is 7.13. The van der Waals surface area contributed by atoms with Gasteiger partial charge >= 0.3 is 0 Å². The lowest BCUT2D eigenvalue weighted by molar-refractivity contribution is 0.249. The normalized spacial score (nSPS) is 12.8. The van der Waals surface area contributed by atoms with Gasteiger partial charge in [0.05, 0.1) is 0 Å². The third-order valence-electron chi connectivity index (χ3n) is 3.06. The summed E-state index contributed by atoms with van der Waals surface area (Å²) in [5, 5.41) is 3.13. The van der Waals surface area contributed by atoms with E-state index in [-0.39, 0.29) is 5.41 Å². The number of hydrogen-bond acceptors (Lipinski definition) is 2. The first-order valence-corrected chi connectivity index (χ1v) is 7.13. The van der Waals surface area contributed by atoms with Crippen LogP contribution in [0, 0.1) is 5.41 Å². The Hall–Kier alpha value is -1.55. The molecule has 0 fully saturated rings. The van der Waals surface area contributed by atoms with E-state index in [0.717, 1.165) is 18.7 Å². The largest absolute Gasteiger partial charge is 0.370 e. The predicted octanol–water partition coefficient (Wildman–Crippen LogP) is 2.56. The maximum absolute atomic E-state index is 5.94. The monoisotopic (exact) mass is 276 g/mol. The van der Waals surface area contributed by atoms with E-state index in [1.807, 2.05) is 12.1 Å². The Morgan fingerprint density at radius 2 is 1.85 bits per heavy atom. The minimum Gasteiger partial charge on any atom is -0.370 e. The molecule has 0 aliphatic rings. The number of rotatable bonds is 6. The second-order valence-electron chi connectivity index (χ2n) is 6.28. The summed E-state index contributed by atoms with van der Waals surface area (Å²) in [6.07, 6.45) is 1.04. The van der Waals surface area contributed by atoms with Crippen LogP contribution in [-0.2, 0) is 6.42 Å². The Bertz CT molecular complexity index is 432. The Morgan fingerprint density at radius 1 is 1.25 bits per heavy atom. The number of aryl methyl sites for hydroxylation is 1. The Morgan fingerprint density at radius 3 is 2.35 bits per heavy atom. The van der Waals surface area contributed by atoms with Gasteiger partial charge in [-0.2, -0.15) is 0 Å². The molecule has 0 amide bonds. The summed E-state index contributed by atoms with van der Waals surface area (Å²) in [5.41, 5.74) is 8.35. The summed E-state index contributed by atoms with van der Waals surface area (Å²) in [6, 6.07) is 8.27. The first kappa shape index (κ1) is 16.5. The lowest BCUT2D eigenvalue weighted by Crippen LogP contribution is -2.32. The topological polar surface area (TPSA) is 53.6 Å². The molecule has 0 aliphatic carbocycles. The molecule has 4 nitrogen and oxygen atoms in total. The molecule has 1 aromatic carbocycles. The van der Waals surface area contributed by atoms with Crippen molar-refractivity contribution < 1.29 is 0 Å². The number of benzene rings is 1. The summed E-state index contributed by atoms with van der Waals surface area (Å²) in [7, 11) is 4.14. The van der Waals surface area contributed by atoms with Gasteiger partial charge in [0.15, 0.2) is 5.96 Å². The van der Waals surface area contributed by atoms with E-state index in [2.05, 4.69) is 62.2 Å². The van der Waals surface area contributed by atoms with E-state index in [1.54, 1.807) is 0 Å². The van der Waals surface area contributed by atoms with Gasteiger partial charge in [-0.05, 0) is 43.6 Å². The number of nitrogens with two attached hydrogens (primary N) is 1. The highest BCUT2D eigenvalue weighted by Crippen LogP contribution is 2.16. The molecular weight excluding hydrogens is 248 g/mol. The van der Waals surface area contributed by atoms with Gasteiger partial charge in [-0.15, -0.1) is 0 Å². The van der Waals surface area contributed by atoms with Gasteiger partial charge in [-0.1, -0.05) is 32.9 Å². The van der Waals surface area contributed by atoms with Crippen molar-refractivity contribution in [3.8, 4) is 0 Å². The molecular formula is C16H28N4. The predicted molar refractivity (Wildman–Crippen MR) is 88.3 cm³/mol. The van der Waals surface area contributed by atoms with Crippen molar-refractivity contribution >= 4 is 11.6 Å². The summed E-state index contributed by atoms with van der Waals surface area (Å²) >= 11 is 0. The van der Waals surface area contributed by atoms with Gasteiger partial charge < -0.3 is 16.0 Å². The van der Waals surface area contributed by atoms with Gasteiger partial charge in [-0.25, -0.2) is 0 Å². The first-order chi connectivity index (χ1) is 9.32. The van der Waals surface area contributed by atoms with Crippen LogP contribution in [-0.4, -0.2) is 38.0 Å². The van der Waals surface area contributed by atoms with E-state index < -0.39 is 0 Å². The highest BCUT2D eigenvalue weighted by atomic mass is 15.1. The molecule has 112 valence electrons. The fraction of sp³-hybridized carbons (Fsp3) is 0.562. The van der Waals surface area contributed by atoms with Crippen LogP contribution < -0.4 is 11.1 Å².